The van der Waals surface area contributed by atoms with E-state index in [1.165, 1.54) is 18.2 Å². The topological polar surface area (TPSA) is 52.9 Å². The van der Waals surface area contributed by atoms with Crippen molar-refractivity contribution in [3.8, 4) is 6.07 Å². The highest BCUT2D eigenvalue weighted by atomic mass is 19.1. The molecule has 1 aromatic carbocycles. The Morgan fingerprint density at radius 2 is 2.25 bits per heavy atom. The summed E-state index contributed by atoms with van der Waals surface area (Å²) in [7, 11) is 0. The Hall–Kier alpha value is -1.89. The number of hydrogen-bond acceptors (Lipinski definition) is 2. The van der Waals surface area contributed by atoms with Gasteiger partial charge in [-0.2, -0.15) is 5.26 Å². The van der Waals surface area contributed by atoms with Crippen molar-refractivity contribution < 1.29 is 9.18 Å². The number of carbonyl (C=O) groups excluding carboxylic acids is 1. The monoisotopic (exact) mass is 218 g/mol. The van der Waals surface area contributed by atoms with Gasteiger partial charge in [0.1, 0.15) is 11.2 Å². The molecule has 1 aromatic rings. The normalized spacial score (nSPS) is 16.3. The van der Waals surface area contributed by atoms with Gasteiger partial charge in [0.2, 0.25) is 5.91 Å². The quantitative estimate of drug-likeness (QED) is 0.828. The Balaban J connectivity index is 2.16. The third-order valence-electron chi connectivity index (χ3n) is 2.84. The van der Waals surface area contributed by atoms with E-state index in [0.717, 1.165) is 0 Å². The fourth-order valence-electron chi connectivity index (χ4n) is 1.52. The molecule has 0 heterocycles. The summed E-state index contributed by atoms with van der Waals surface area (Å²) in [4.78, 5) is 11.7. The van der Waals surface area contributed by atoms with Crippen LogP contribution in [0.25, 0.3) is 0 Å². The van der Waals surface area contributed by atoms with Crippen LogP contribution in [0.5, 0.6) is 0 Å². The molecular weight excluding hydrogens is 207 g/mol. The second kappa shape index (κ2) is 3.60. The van der Waals surface area contributed by atoms with Gasteiger partial charge in [0.25, 0.3) is 0 Å². The van der Waals surface area contributed by atoms with Gasteiger partial charge in [-0.25, -0.2) is 4.39 Å². The third kappa shape index (κ3) is 1.76. The average molecular weight is 218 g/mol. The minimum atomic E-state index is -0.846. The van der Waals surface area contributed by atoms with Crippen LogP contribution in [0.15, 0.2) is 18.2 Å². The van der Waals surface area contributed by atoms with E-state index in [0.29, 0.717) is 24.1 Å². The Morgan fingerprint density at radius 3 is 2.75 bits per heavy atom. The van der Waals surface area contributed by atoms with Crippen LogP contribution in [-0.4, -0.2) is 5.91 Å². The van der Waals surface area contributed by atoms with Crippen molar-refractivity contribution in [2.75, 3.05) is 5.32 Å². The van der Waals surface area contributed by atoms with E-state index in [1.807, 2.05) is 6.07 Å². The average Bonchev–Trinajstić information content (AvgIpc) is 3.03. The first-order valence-corrected chi connectivity index (χ1v) is 5.06. The van der Waals surface area contributed by atoms with E-state index < -0.39 is 5.41 Å². The number of anilines is 1. The molecule has 0 bridgehead atoms. The van der Waals surface area contributed by atoms with Gasteiger partial charge < -0.3 is 5.32 Å². The number of rotatable bonds is 2. The van der Waals surface area contributed by atoms with Gasteiger partial charge in [-0.15, -0.1) is 0 Å². The second-order valence-corrected chi connectivity index (χ2v) is 4.11. The van der Waals surface area contributed by atoms with Gasteiger partial charge in [-0.05, 0) is 43.5 Å². The second-order valence-electron chi connectivity index (χ2n) is 4.11. The fourth-order valence-corrected chi connectivity index (χ4v) is 1.52. The minimum absolute atomic E-state index is 0.287. The first-order chi connectivity index (χ1) is 7.57. The molecule has 4 heteroatoms. The zero-order valence-corrected chi connectivity index (χ0v) is 8.88. The molecule has 1 fully saturated rings. The number of benzene rings is 1. The molecule has 1 N–H and O–H groups in total. The van der Waals surface area contributed by atoms with Gasteiger partial charge in [-0.1, -0.05) is 0 Å². The SMILES string of the molecule is Cc1cc(F)ccc1NC(=O)C1(C#N)CC1. The van der Waals surface area contributed by atoms with Crippen molar-refractivity contribution in [3.05, 3.63) is 29.6 Å². The number of aryl methyl sites for hydroxylation is 1. The molecule has 1 aliphatic rings. The molecule has 0 aromatic heterocycles. The number of hydrogen-bond donors (Lipinski definition) is 1. The van der Waals surface area contributed by atoms with E-state index in [4.69, 9.17) is 5.26 Å². The molecule has 1 amide bonds. The highest BCUT2D eigenvalue weighted by molar-refractivity contribution is 5.99. The minimum Gasteiger partial charge on any atom is -0.324 e. The summed E-state index contributed by atoms with van der Waals surface area (Å²) in [6.45, 7) is 1.71. The molecule has 0 spiro atoms. The molecule has 82 valence electrons. The predicted octanol–water partition coefficient (Wildman–Crippen LogP) is 2.38. The Labute approximate surface area is 92.9 Å². The van der Waals surface area contributed by atoms with Crippen molar-refractivity contribution in [1.29, 1.82) is 5.26 Å². The van der Waals surface area contributed by atoms with E-state index in [2.05, 4.69) is 5.32 Å². The number of carbonyl (C=O) groups is 1. The standard InChI is InChI=1S/C12H11FN2O/c1-8-6-9(13)2-3-10(8)15-11(16)12(7-14)4-5-12/h2-3,6H,4-5H2,1H3,(H,15,16). The lowest BCUT2D eigenvalue weighted by molar-refractivity contribution is -0.119. The molecule has 3 nitrogen and oxygen atoms in total. The van der Waals surface area contributed by atoms with Crippen LogP contribution in [-0.2, 0) is 4.79 Å². The first kappa shape index (κ1) is 10.6. The summed E-state index contributed by atoms with van der Waals surface area (Å²) in [6, 6.07) is 6.16. The molecule has 0 atom stereocenters. The highest BCUT2D eigenvalue weighted by Gasteiger charge is 2.50. The molecular formula is C12H11FN2O. The molecule has 0 unspecified atom stereocenters. The number of nitriles is 1. The smallest absolute Gasteiger partial charge is 0.244 e. The molecule has 2 rings (SSSR count). The van der Waals surface area contributed by atoms with Crippen molar-refractivity contribution in [2.45, 2.75) is 19.8 Å². The van der Waals surface area contributed by atoms with Gasteiger partial charge in [0.05, 0.1) is 6.07 Å². The predicted molar refractivity (Wildman–Crippen MR) is 57.0 cm³/mol. The maximum Gasteiger partial charge on any atom is 0.244 e. The molecule has 1 saturated carbocycles. The van der Waals surface area contributed by atoms with Crippen LogP contribution in [0.1, 0.15) is 18.4 Å². The van der Waals surface area contributed by atoms with E-state index >= 15 is 0 Å². The summed E-state index contributed by atoms with van der Waals surface area (Å²) in [5.41, 5.74) is 0.371. The summed E-state index contributed by atoms with van der Waals surface area (Å²) in [5, 5.41) is 11.5. The Kier molecular flexibility index (Phi) is 2.39. The largest absolute Gasteiger partial charge is 0.324 e. The van der Waals surface area contributed by atoms with Crippen LogP contribution in [0.3, 0.4) is 0 Å². The van der Waals surface area contributed by atoms with Crippen LogP contribution >= 0.6 is 0 Å². The Bertz CT molecular complexity index is 486. The fraction of sp³-hybridized carbons (Fsp3) is 0.333. The van der Waals surface area contributed by atoms with Gasteiger partial charge in [0, 0.05) is 5.69 Å². The zero-order valence-electron chi connectivity index (χ0n) is 8.88. The van der Waals surface area contributed by atoms with E-state index in [-0.39, 0.29) is 11.7 Å². The van der Waals surface area contributed by atoms with E-state index in [1.54, 1.807) is 6.92 Å². The summed E-state index contributed by atoms with van der Waals surface area (Å²) < 4.78 is 12.8. The maximum absolute atomic E-state index is 12.8. The summed E-state index contributed by atoms with van der Waals surface area (Å²) in [5.74, 6) is -0.623. The van der Waals surface area contributed by atoms with Crippen molar-refractivity contribution in [3.63, 3.8) is 0 Å². The number of amides is 1. The molecule has 0 saturated heterocycles. The van der Waals surface area contributed by atoms with Crippen LogP contribution in [0.2, 0.25) is 0 Å². The third-order valence-corrected chi connectivity index (χ3v) is 2.84. The summed E-state index contributed by atoms with van der Waals surface area (Å²) >= 11 is 0. The van der Waals surface area contributed by atoms with E-state index in [9.17, 15) is 9.18 Å². The van der Waals surface area contributed by atoms with Gasteiger partial charge in [0.15, 0.2) is 0 Å². The van der Waals surface area contributed by atoms with Gasteiger partial charge in [-0.3, -0.25) is 4.79 Å². The number of nitrogens with one attached hydrogen (secondary N) is 1. The lowest BCUT2D eigenvalue weighted by Gasteiger charge is -2.10. The van der Waals surface area contributed by atoms with Crippen LogP contribution < -0.4 is 5.32 Å². The van der Waals surface area contributed by atoms with Crippen molar-refractivity contribution >= 4 is 11.6 Å². The number of halogens is 1. The molecule has 0 radical (unpaired) electrons. The first-order valence-electron chi connectivity index (χ1n) is 5.06. The zero-order chi connectivity index (χ0) is 11.8. The lowest BCUT2D eigenvalue weighted by Crippen LogP contribution is -2.23. The molecule has 0 aliphatic heterocycles. The van der Waals surface area contributed by atoms with Crippen molar-refractivity contribution in [2.24, 2.45) is 5.41 Å². The Morgan fingerprint density at radius 1 is 1.56 bits per heavy atom. The molecule has 16 heavy (non-hydrogen) atoms. The van der Waals surface area contributed by atoms with Crippen LogP contribution in [0.4, 0.5) is 10.1 Å². The highest BCUT2D eigenvalue weighted by Crippen LogP contribution is 2.45. The maximum atomic E-state index is 12.8. The number of nitrogens with zero attached hydrogens (tertiary/aromatic N) is 1. The molecule has 1 aliphatic carbocycles. The van der Waals surface area contributed by atoms with Crippen molar-refractivity contribution in [1.82, 2.24) is 0 Å². The summed E-state index contributed by atoms with van der Waals surface area (Å²) in [6.07, 6.45) is 1.21. The van der Waals surface area contributed by atoms with Crippen LogP contribution in [0, 0.1) is 29.5 Å². The lowest BCUT2D eigenvalue weighted by atomic mass is 10.1. The van der Waals surface area contributed by atoms with Gasteiger partial charge >= 0.3 is 0 Å².